The van der Waals surface area contributed by atoms with Crippen LogP contribution >= 0.6 is 0 Å². The number of furan rings is 1. The largest absolute Gasteiger partial charge is 0.455 e. The number of aryl methyl sites for hydroxylation is 3. The maximum absolute atomic E-state index is 6.77. The first-order valence-corrected chi connectivity index (χ1v) is 13.5. The van der Waals surface area contributed by atoms with Crippen molar-refractivity contribution in [3.05, 3.63) is 88.6 Å². The molecule has 0 aliphatic heterocycles. The summed E-state index contributed by atoms with van der Waals surface area (Å²) in [5, 5.41) is 2.52. The monoisotopic (exact) mass is 472 g/mol. The van der Waals surface area contributed by atoms with Crippen molar-refractivity contribution >= 4 is 21.9 Å². The van der Waals surface area contributed by atoms with Crippen LogP contribution < -0.4 is 4.57 Å². The Bertz CT molecular complexity index is 1690. The summed E-state index contributed by atoms with van der Waals surface area (Å²) in [5.41, 5.74) is 14.4. The minimum Gasteiger partial charge on any atom is -0.455 e. The first kappa shape index (κ1) is 21.9. The van der Waals surface area contributed by atoms with E-state index >= 15 is 0 Å². The zero-order valence-corrected chi connectivity index (χ0v) is 22.0. The lowest BCUT2D eigenvalue weighted by molar-refractivity contribution is -0.660. The van der Waals surface area contributed by atoms with Gasteiger partial charge >= 0.3 is 0 Å². The van der Waals surface area contributed by atoms with Gasteiger partial charge in [0.25, 0.3) is 0 Å². The number of hydrogen-bond acceptors (Lipinski definition) is 1. The van der Waals surface area contributed by atoms with Crippen molar-refractivity contribution < 1.29 is 8.98 Å². The van der Waals surface area contributed by atoms with Gasteiger partial charge in [-0.25, -0.2) is 4.57 Å². The second-order valence-electron chi connectivity index (χ2n) is 11.5. The number of aromatic nitrogens is 1. The van der Waals surface area contributed by atoms with Gasteiger partial charge in [0.05, 0.1) is 5.56 Å². The summed E-state index contributed by atoms with van der Waals surface area (Å²) in [5.74, 6) is 0.499. The van der Waals surface area contributed by atoms with Gasteiger partial charge < -0.3 is 4.42 Å². The molecule has 180 valence electrons. The van der Waals surface area contributed by atoms with Crippen LogP contribution in [-0.2, 0) is 12.5 Å². The average molecular weight is 473 g/mol. The summed E-state index contributed by atoms with van der Waals surface area (Å²) in [7, 11) is 2.17. The van der Waals surface area contributed by atoms with E-state index in [1.54, 1.807) is 0 Å². The third-order valence-corrected chi connectivity index (χ3v) is 9.10. The molecule has 0 amide bonds. The van der Waals surface area contributed by atoms with Crippen molar-refractivity contribution in [2.75, 3.05) is 0 Å². The molecule has 1 spiro atoms. The number of nitrogens with zero attached hydrogens (tertiary/aromatic N) is 1. The zero-order valence-electron chi connectivity index (χ0n) is 22.0. The minimum atomic E-state index is 0.174. The molecular weight excluding hydrogens is 438 g/mol. The summed E-state index contributed by atoms with van der Waals surface area (Å²) >= 11 is 0. The van der Waals surface area contributed by atoms with E-state index < -0.39 is 0 Å². The van der Waals surface area contributed by atoms with Gasteiger partial charge in [0.1, 0.15) is 18.2 Å². The first-order chi connectivity index (χ1) is 17.4. The van der Waals surface area contributed by atoms with Gasteiger partial charge in [-0.2, -0.15) is 0 Å². The molecule has 0 unspecified atom stereocenters. The van der Waals surface area contributed by atoms with E-state index in [1.807, 2.05) is 0 Å². The second-order valence-corrected chi connectivity index (χ2v) is 11.5. The van der Waals surface area contributed by atoms with E-state index in [4.69, 9.17) is 4.42 Å². The number of pyridine rings is 1. The zero-order chi connectivity index (χ0) is 24.8. The molecule has 2 heterocycles. The molecule has 2 aromatic heterocycles. The standard InChI is InChI=1S/C34H34NO/c1-20(2)25-19-35(5)28(18-22(25)4)30-21(3)12-13-24-32-29(36-33(24)30)15-14-27-31(32)23-10-6-7-11-26(23)34(27)16-8-9-17-34/h6-7,10-15,18-20H,8-9,16-17H2,1-5H3/q+1. The van der Waals surface area contributed by atoms with Crippen molar-refractivity contribution in [1.82, 2.24) is 0 Å². The van der Waals surface area contributed by atoms with Crippen LogP contribution in [0.25, 0.3) is 44.3 Å². The van der Waals surface area contributed by atoms with E-state index in [0.717, 1.165) is 11.2 Å². The molecule has 2 heteroatoms. The summed E-state index contributed by atoms with van der Waals surface area (Å²) in [6.07, 6.45) is 7.42. The minimum absolute atomic E-state index is 0.174. The van der Waals surface area contributed by atoms with Crippen LogP contribution in [0.3, 0.4) is 0 Å². The Balaban J connectivity index is 1.56. The molecule has 2 nitrogen and oxygen atoms in total. The molecular formula is C34H34NO+. The Morgan fingerprint density at radius 3 is 2.42 bits per heavy atom. The highest BCUT2D eigenvalue weighted by Crippen LogP contribution is 2.59. The average Bonchev–Trinajstić information content (AvgIpc) is 3.56. The van der Waals surface area contributed by atoms with Crippen molar-refractivity contribution in [1.29, 1.82) is 0 Å². The number of fused-ring (bicyclic) bond motifs is 9. The van der Waals surface area contributed by atoms with E-state index in [1.165, 1.54) is 86.7 Å². The Labute approximate surface area is 213 Å². The lowest BCUT2D eigenvalue weighted by atomic mass is 9.76. The van der Waals surface area contributed by atoms with Crippen LogP contribution in [-0.4, -0.2) is 0 Å². The van der Waals surface area contributed by atoms with Gasteiger partial charge in [-0.3, -0.25) is 0 Å². The van der Waals surface area contributed by atoms with Gasteiger partial charge in [0, 0.05) is 27.8 Å². The predicted octanol–water partition coefficient (Wildman–Crippen LogP) is 8.66. The second kappa shape index (κ2) is 7.56. The lowest BCUT2D eigenvalue weighted by Gasteiger charge is -2.26. The molecule has 2 aliphatic rings. The fourth-order valence-electron chi connectivity index (χ4n) is 7.43. The van der Waals surface area contributed by atoms with Crippen molar-refractivity contribution in [2.24, 2.45) is 7.05 Å². The van der Waals surface area contributed by atoms with Gasteiger partial charge in [-0.15, -0.1) is 0 Å². The van der Waals surface area contributed by atoms with Crippen LogP contribution in [0.5, 0.6) is 0 Å². The lowest BCUT2D eigenvalue weighted by Crippen LogP contribution is -2.32. The van der Waals surface area contributed by atoms with Gasteiger partial charge in [0.2, 0.25) is 5.69 Å². The topological polar surface area (TPSA) is 17.0 Å². The normalized spacial score (nSPS) is 15.9. The van der Waals surface area contributed by atoms with Crippen LogP contribution in [0.15, 0.2) is 65.2 Å². The predicted molar refractivity (Wildman–Crippen MR) is 149 cm³/mol. The molecule has 0 N–H and O–H groups in total. The highest BCUT2D eigenvalue weighted by Gasteiger charge is 2.45. The maximum Gasteiger partial charge on any atom is 0.216 e. The molecule has 0 saturated heterocycles. The summed E-state index contributed by atoms with van der Waals surface area (Å²) < 4.78 is 9.05. The number of hydrogen-bond donors (Lipinski definition) is 0. The van der Waals surface area contributed by atoms with Gasteiger partial charge in [-0.1, -0.05) is 69.2 Å². The molecule has 0 atom stereocenters. The maximum atomic E-state index is 6.77. The van der Waals surface area contributed by atoms with Crippen molar-refractivity contribution in [3.63, 3.8) is 0 Å². The summed E-state index contributed by atoms with van der Waals surface area (Å²) in [6.45, 7) is 8.98. The Hall–Kier alpha value is -3.39. The van der Waals surface area contributed by atoms with E-state index in [9.17, 15) is 0 Å². The Morgan fingerprint density at radius 1 is 0.861 bits per heavy atom. The molecule has 1 fully saturated rings. The SMILES string of the molecule is Cc1cc(-c2c(C)ccc3c2oc2ccc4c(c23)-c2ccccc2C42CCCC2)[n+](C)cc1C(C)C. The van der Waals surface area contributed by atoms with Crippen LogP contribution in [0.2, 0.25) is 0 Å². The first-order valence-electron chi connectivity index (χ1n) is 13.5. The van der Waals surface area contributed by atoms with Crippen molar-refractivity contribution in [3.8, 4) is 22.4 Å². The fourth-order valence-corrected chi connectivity index (χ4v) is 7.43. The van der Waals surface area contributed by atoms with Gasteiger partial charge in [-0.05, 0) is 72.1 Å². The molecule has 7 rings (SSSR count). The van der Waals surface area contributed by atoms with E-state index in [-0.39, 0.29) is 5.41 Å². The number of benzene rings is 3. The molecule has 36 heavy (non-hydrogen) atoms. The van der Waals surface area contributed by atoms with Crippen LogP contribution in [0.4, 0.5) is 0 Å². The smallest absolute Gasteiger partial charge is 0.216 e. The van der Waals surface area contributed by atoms with Crippen LogP contribution in [0, 0.1) is 13.8 Å². The molecule has 0 radical (unpaired) electrons. The van der Waals surface area contributed by atoms with Crippen molar-refractivity contribution in [2.45, 2.75) is 64.7 Å². The molecule has 2 aliphatic carbocycles. The third kappa shape index (κ3) is 2.76. The Morgan fingerprint density at radius 2 is 1.64 bits per heavy atom. The summed E-state index contributed by atoms with van der Waals surface area (Å²) in [6, 6.07) is 20.7. The molecule has 0 bridgehead atoms. The fraction of sp³-hybridized carbons (Fsp3) is 0.324. The van der Waals surface area contributed by atoms with Crippen LogP contribution in [0.1, 0.15) is 73.3 Å². The highest BCUT2D eigenvalue weighted by atomic mass is 16.3. The quantitative estimate of drug-likeness (QED) is 0.235. The van der Waals surface area contributed by atoms with Gasteiger partial charge in [0.15, 0.2) is 6.20 Å². The summed E-state index contributed by atoms with van der Waals surface area (Å²) in [4.78, 5) is 0. The molecule has 1 saturated carbocycles. The number of rotatable bonds is 2. The Kier molecular flexibility index (Phi) is 4.59. The molecule has 3 aromatic carbocycles. The highest BCUT2D eigenvalue weighted by molar-refractivity contribution is 6.17. The molecule has 5 aromatic rings. The van der Waals surface area contributed by atoms with E-state index in [0.29, 0.717) is 5.92 Å². The third-order valence-electron chi connectivity index (χ3n) is 9.10. The van der Waals surface area contributed by atoms with E-state index in [2.05, 4.69) is 100 Å².